The molecule has 1 atom stereocenters. The zero-order valence-corrected chi connectivity index (χ0v) is 21.6. The van der Waals surface area contributed by atoms with E-state index in [2.05, 4.69) is 30.8 Å². The molecular formula is C29H30N2O4S. The maximum atomic E-state index is 13.0. The summed E-state index contributed by atoms with van der Waals surface area (Å²) in [4.78, 5) is 12.7. The van der Waals surface area contributed by atoms with E-state index < -0.39 is 16.1 Å². The third kappa shape index (κ3) is 5.86. The molecule has 0 aliphatic carbocycles. The molecule has 2 N–H and O–H groups in total. The highest BCUT2D eigenvalue weighted by atomic mass is 32.2. The number of ether oxygens (including phenoxy) is 1. The Kier molecular flexibility index (Phi) is 7.04. The Morgan fingerprint density at radius 2 is 1.47 bits per heavy atom. The molecule has 0 aliphatic rings. The summed E-state index contributed by atoms with van der Waals surface area (Å²) >= 11 is 0. The van der Waals surface area contributed by atoms with Gasteiger partial charge in [0.2, 0.25) is 0 Å². The molecule has 4 rings (SSSR count). The number of anilines is 2. The highest BCUT2D eigenvalue weighted by Gasteiger charge is 2.19. The van der Waals surface area contributed by atoms with E-state index in [1.165, 1.54) is 17.7 Å². The lowest BCUT2D eigenvalue weighted by Gasteiger charge is -2.20. The molecule has 7 heteroatoms. The van der Waals surface area contributed by atoms with Gasteiger partial charge in [0, 0.05) is 11.1 Å². The van der Waals surface area contributed by atoms with Crippen LogP contribution < -0.4 is 14.8 Å². The van der Waals surface area contributed by atoms with Gasteiger partial charge in [-0.05, 0) is 65.8 Å². The molecule has 1 amide bonds. The van der Waals surface area contributed by atoms with Crippen molar-refractivity contribution in [3.8, 4) is 5.75 Å². The van der Waals surface area contributed by atoms with E-state index in [0.717, 1.165) is 10.8 Å². The molecule has 0 fully saturated rings. The van der Waals surface area contributed by atoms with E-state index in [1.54, 1.807) is 31.2 Å². The minimum Gasteiger partial charge on any atom is -0.481 e. The summed E-state index contributed by atoms with van der Waals surface area (Å²) in [5.41, 5.74) is 2.19. The maximum Gasteiger partial charge on any atom is 0.265 e. The lowest BCUT2D eigenvalue weighted by atomic mass is 9.87. The molecule has 4 aromatic carbocycles. The lowest BCUT2D eigenvalue weighted by molar-refractivity contribution is -0.122. The van der Waals surface area contributed by atoms with Gasteiger partial charge in [-0.3, -0.25) is 9.52 Å². The van der Waals surface area contributed by atoms with E-state index in [1.807, 2.05) is 54.6 Å². The van der Waals surface area contributed by atoms with Crippen molar-refractivity contribution in [2.75, 3.05) is 10.0 Å². The average molecular weight is 503 g/mol. The molecule has 36 heavy (non-hydrogen) atoms. The molecule has 0 saturated carbocycles. The number of benzene rings is 4. The number of carbonyl (C=O) groups excluding carboxylic acids is 1. The van der Waals surface area contributed by atoms with Crippen LogP contribution in [0.5, 0.6) is 5.75 Å². The minimum absolute atomic E-state index is 0.0333. The predicted molar refractivity (Wildman–Crippen MR) is 145 cm³/mol. The Bertz CT molecular complexity index is 1470. The second kappa shape index (κ2) is 10.0. The molecule has 6 nitrogen and oxygen atoms in total. The molecule has 0 radical (unpaired) electrons. The van der Waals surface area contributed by atoms with Crippen LogP contribution in [0.3, 0.4) is 0 Å². The van der Waals surface area contributed by atoms with Crippen LogP contribution in [-0.2, 0) is 20.2 Å². The Balaban J connectivity index is 1.40. The van der Waals surface area contributed by atoms with Crippen molar-refractivity contribution in [1.82, 2.24) is 0 Å². The van der Waals surface area contributed by atoms with E-state index in [-0.39, 0.29) is 16.2 Å². The van der Waals surface area contributed by atoms with E-state index in [0.29, 0.717) is 17.1 Å². The third-order valence-corrected chi connectivity index (χ3v) is 7.25. The zero-order chi connectivity index (χ0) is 25.9. The Labute approximate surface area is 212 Å². The molecule has 0 saturated heterocycles. The molecule has 0 aromatic heterocycles. The molecule has 0 spiro atoms. The Morgan fingerprint density at radius 3 is 2.14 bits per heavy atom. The highest BCUT2D eigenvalue weighted by molar-refractivity contribution is 7.92. The average Bonchev–Trinajstić information content (AvgIpc) is 2.84. The summed E-state index contributed by atoms with van der Waals surface area (Å²) < 4.78 is 34.4. The number of sulfonamides is 1. The number of hydrogen-bond acceptors (Lipinski definition) is 4. The molecule has 0 aliphatic heterocycles. The topological polar surface area (TPSA) is 84.5 Å². The van der Waals surface area contributed by atoms with Crippen LogP contribution in [0.2, 0.25) is 0 Å². The van der Waals surface area contributed by atoms with Crippen LogP contribution in [-0.4, -0.2) is 20.4 Å². The molecule has 186 valence electrons. The first-order valence-electron chi connectivity index (χ1n) is 11.7. The first-order chi connectivity index (χ1) is 17.0. The van der Waals surface area contributed by atoms with Gasteiger partial charge in [0.1, 0.15) is 5.75 Å². The Hall–Kier alpha value is -3.84. The van der Waals surface area contributed by atoms with Crippen molar-refractivity contribution in [2.24, 2.45) is 0 Å². The number of rotatable bonds is 7. The molecule has 0 heterocycles. The van der Waals surface area contributed by atoms with Crippen molar-refractivity contribution < 1.29 is 17.9 Å². The molecular weight excluding hydrogens is 472 g/mol. The van der Waals surface area contributed by atoms with Crippen LogP contribution in [0.1, 0.15) is 33.3 Å². The van der Waals surface area contributed by atoms with E-state index in [9.17, 15) is 13.2 Å². The Morgan fingerprint density at radius 1 is 0.833 bits per heavy atom. The van der Waals surface area contributed by atoms with Crippen molar-refractivity contribution >= 4 is 38.1 Å². The van der Waals surface area contributed by atoms with Gasteiger partial charge < -0.3 is 10.1 Å². The first kappa shape index (κ1) is 25.3. The van der Waals surface area contributed by atoms with Crippen LogP contribution in [0.15, 0.2) is 95.9 Å². The van der Waals surface area contributed by atoms with Gasteiger partial charge in [0.25, 0.3) is 15.9 Å². The lowest BCUT2D eigenvalue weighted by Crippen LogP contribution is -2.30. The summed E-state index contributed by atoms with van der Waals surface area (Å²) in [6.07, 6.45) is -0.734. The summed E-state index contributed by atoms with van der Waals surface area (Å²) in [6.45, 7) is 8.07. The second-order valence-electron chi connectivity index (χ2n) is 9.68. The summed E-state index contributed by atoms with van der Waals surface area (Å²) in [6, 6.07) is 26.7. The smallest absolute Gasteiger partial charge is 0.265 e. The van der Waals surface area contributed by atoms with Gasteiger partial charge in [0.15, 0.2) is 6.10 Å². The van der Waals surface area contributed by atoms with Crippen LogP contribution in [0.25, 0.3) is 10.8 Å². The number of fused-ring (bicyclic) bond motifs is 1. The third-order valence-electron chi connectivity index (χ3n) is 5.87. The molecule has 1 unspecified atom stereocenters. The number of carbonyl (C=O) groups is 1. The fourth-order valence-electron chi connectivity index (χ4n) is 3.77. The van der Waals surface area contributed by atoms with Gasteiger partial charge in [-0.15, -0.1) is 0 Å². The highest BCUT2D eigenvalue weighted by Crippen LogP contribution is 2.27. The van der Waals surface area contributed by atoms with Gasteiger partial charge >= 0.3 is 0 Å². The van der Waals surface area contributed by atoms with E-state index >= 15 is 0 Å². The van der Waals surface area contributed by atoms with Gasteiger partial charge in [-0.25, -0.2) is 8.42 Å². The number of nitrogens with one attached hydrogen (secondary N) is 2. The second-order valence-corrected chi connectivity index (χ2v) is 11.4. The largest absolute Gasteiger partial charge is 0.481 e. The van der Waals surface area contributed by atoms with Crippen LogP contribution >= 0.6 is 0 Å². The molecule has 0 bridgehead atoms. The first-order valence-corrected chi connectivity index (χ1v) is 13.2. The fraction of sp³-hybridized carbons (Fsp3) is 0.207. The van der Waals surface area contributed by atoms with Crippen molar-refractivity contribution in [2.45, 2.75) is 44.1 Å². The van der Waals surface area contributed by atoms with Crippen molar-refractivity contribution in [3.05, 3.63) is 96.6 Å². The van der Waals surface area contributed by atoms with Crippen molar-refractivity contribution in [3.63, 3.8) is 0 Å². The summed E-state index contributed by atoms with van der Waals surface area (Å²) in [5, 5.41) is 4.53. The monoisotopic (exact) mass is 502 g/mol. The standard InChI is InChI=1S/C29H30N2O4S/c1-20(35-24-16-12-22(13-17-24)29(2,3)4)28(32)30-23-14-18-25(19-15-23)36(33,34)31-27-11-7-9-21-8-5-6-10-26(21)27/h5-20,31H,1-4H3,(H,30,32). The fourth-order valence-corrected chi connectivity index (χ4v) is 4.85. The van der Waals surface area contributed by atoms with Gasteiger partial charge in [-0.1, -0.05) is 69.3 Å². The summed E-state index contributed by atoms with van der Waals surface area (Å²) in [7, 11) is -3.81. The van der Waals surface area contributed by atoms with Crippen LogP contribution in [0, 0.1) is 0 Å². The van der Waals surface area contributed by atoms with Crippen molar-refractivity contribution in [1.29, 1.82) is 0 Å². The molecule has 4 aromatic rings. The normalized spacial score (nSPS) is 12.7. The minimum atomic E-state index is -3.81. The quantitative estimate of drug-likeness (QED) is 0.309. The maximum absolute atomic E-state index is 13.0. The summed E-state index contributed by atoms with van der Waals surface area (Å²) in [5.74, 6) is 0.269. The number of hydrogen-bond donors (Lipinski definition) is 2. The predicted octanol–water partition coefficient (Wildman–Crippen LogP) is 6.34. The van der Waals surface area contributed by atoms with E-state index in [4.69, 9.17) is 4.74 Å². The van der Waals surface area contributed by atoms with Crippen LogP contribution in [0.4, 0.5) is 11.4 Å². The zero-order valence-electron chi connectivity index (χ0n) is 20.8. The SMILES string of the molecule is CC(Oc1ccc(C(C)(C)C)cc1)C(=O)Nc1ccc(S(=O)(=O)Nc2cccc3ccccc23)cc1. The van der Waals surface area contributed by atoms with Gasteiger partial charge in [0.05, 0.1) is 10.6 Å². The number of amides is 1. The van der Waals surface area contributed by atoms with Gasteiger partial charge in [-0.2, -0.15) is 0 Å².